The van der Waals surface area contributed by atoms with Crippen LogP contribution in [0, 0.1) is 24.6 Å². The van der Waals surface area contributed by atoms with E-state index in [2.05, 4.69) is 0 Å². The van der Waals surface area contributed by atoms with Crippen LogP contribution in [0.25, 0.3) is 0 Å². The van der Waals surface area contributed by atoms with Crippen molar-refractivity contribution in [3.63, 3.8) is 0 Å². The van der Waals surface area contributed by atoms with Gasteiger partial charge in [0, 0.05) is 11.5 Å². The monoisotopic (exact) mass is 264 g/mol. The summed E-state index contributed by atoms with van der Waals surface area (Å²) in [4.78, 5) is 23.5. The smallest absolute Gasteiger partial charge is 0.307 e. The van der Waals surface area contributed by atoms with Crippen molar-refractivity contribution in [2.45, 2.75) is 32.6 Å². The predicted octanol–water partition coefficient (Wildman–Crippen LogP) is 3.21. The summed E-state index contributed by atoms with van der Waals surface area (Å²) in [6.07, 6.45) is 2.79. The lowest BCUT2D eigenvalue weighted by atomic mass is 9.75. The number of halogens is 1. The molecule has 1 aliphatic rings. The minimum atomic E-state index is -0.925. The molecule has 0 spiro atoms. The van der Waals surface area contributed by atoms with Crippen molar-refractivity contribution >= 4 is 11.8 Å². The molecule has 2 atom stereocenters. The molecule has 1 aromatic carbocycles. The zero-order valence-electron chi connectivity index (χ0n) is 10.9. The lowest BCUT2D eigenvalue weighted by Gasteiger charge is -2.27. The van der Waals surface area contributed by atoms with Gasteiger partial charge in [0.2, 0.25) is 0 Å². The number of carboxylic acid groups (broad SMARTS) is 1. The Labute approximate surface area is 111 Å². The van der Waals surface area contributed by atoms with Gasteiger partial charge in [0.15, 0.2) is 5.78 Å². The summed E-state index contributed by atoms with van der Waals surface area (Å²) in [7, 11) is 0. The number of carbonyl (C=O) groups is 2. The van der Waals surface area contributed by atoms with Crippen LogP contribution in [0.5, 0.6) is 0 Å². The largest absolute Gasteiger partial charge is 0.481 e. The van der Waals surface area contributed by atoms with Gasteiger partial charge in [-0.25, -0.2) is 4.39 Å². The second-order valence-electron chi connectivity index (χ2n) is 5.16. The van der Waals surface area contributed by atoms with Crippen molar-refractivity contribution in [3.8, 4) is 0 Å². The number of benzene rings is 1. The zero-order chi connectivity index (χ0) is 14.0. The first kappa shape index (κ1) is 13.7. The molecular weight excluding hydrogens is 247 g/mol. The lowest BCUT2D eigenvalue weighted by Crippen LogP contribution is -2.32. The molecule has 1 saturated carbocycles. The molecule has 0 radical (unpaired) electrons. The number of hydrogen-bond donors (Lipinski definition) is 1. The van der Waals surface area contributed by atoms with E-state index in [9.17, 15) is 19.1 Å². The quantitative estimate of drug-likeness (QED) is 0.853. The lowest BCUT2D eigenvalue weighted by molar-refractivity contribution is -0.144. The van der Waals surface area contributed by atoms with Crippen LogP contribution in [0.1, 0.15) is 41.6 Å². The molecule has 4 heteroatoms. The Morgan fingerprint density at radius 3 is 2.42 bits per heavy atom. The Hall–Kier alpha value is -1.71. The fraction of sp³-hybridized carbons (Fsp3) is 0.467. The highest BCUT2D eigenvalue weighted by Crippen LogP contribution is 2.33. The third kappa shape index (κ3) is 2.83. The van der Waals surface area contributed by atoms with Crippen molar-refractivity contribution < 1.29 is 19.1 Å². The van der Waals surface area contributed by atoms with Crippen LogP contribution in [0.15, 0.2) is 18.2 Å². The molecule has 3 nitrogen and oxygen atoms in total. The average molecular weight is 264 g/mol. The Bertz CT molecular complexity index is 510. The minimum Gasteiger partial charge on any atom is -0.481 e. The van der Waals surface area contributed by atoms with Crippen LogP contribution in [-0.2, 0) is 4.79 Å². The van der Waals surface area contributed by atoms with Crippen LogP contribution in [0.2, 0.25) is 0 Å². The molecule has 1 N–H and O–H groups in total. The van der Waals surface area contributed by atoms with Gasteiger partial charge < -0.3 is 5.11 Å². The average Bonchev–Trinajstić information content (AvgIpc) is 2.41. The Morgan fingerprint density at radius 2 is 1.84 bits per heavy atom. The van der Waals surface area contributed by atoms with Crippen molar-refractivity contribution in [2.24, 2.45) is 11.8 Å². The number of rotatable bonds is 3. The van der Waals surface area contributed by atoms with E-state index < -0.39 is 23.6 Å². The van der Waals surface area contributed by atoms with Crippen LogP contribution >= 0.6 is 0 Å². The fourth-order valence-corrected chi connectivity index (χ4v) is 2.70. The molecule has 1 aromatic rings. The highest BCUT2D eigenvalue weighted by Gasteiger charge is 2.36. The Morgan fingerprint density at radius 1 is 1.21 bits per heavy atom. The number of carbonyl (C=O) groups excluding carboxylic acids is 1. The van der Waals surface area contributed by atoms with Crippen molar-refractivity contribution in [1.82, 2.24) is 0 Å². The van der Waals surface area contributed by atoms with E-state index in [0.717, 1.165) is 12.8 Å². The summed E-state index contributed by atoms with van der Waals surface area (Å²) < 4.78 is 13.5. The molecule has 0 aromatic heterocycles. The van der Waals surface area contributed by atoms with E-state index in [1.54, 1.807) is 19.1 Å². The van der Waals surface area contributed by atoms with Crippen LogP contribution in [0.4, 0.5) is 4.39 Å². The van der Waals surface area contributed by atoms with Gasteiger partial charge in [0.1, 0.15) is 5.82 Å². The normalized spacial score (nSPS) is 23.1. The summed E-state index contributed by atoms with van der Waals surface area (Å²) >= 11 is 0. The molecule has 0 aliphatic heterocycles. The first-order valence-electron chi connectivity index (χ1n) is 6.54. The third-order valence-electron chi connectivity index (χ3n) is 3.88. The first-order chi connectivity index (χ1) is 9.00. The predicted molar refractivity (Wildman–Crippen MR) is 68.6 cm³/mol. The molecule has 0 bridgehead atoms. The second kappa shape index (κ2) is 5.51. The van der Waals surface area contributed by atoms with E-state index in [-0.39, 0.29) is 11.3 Å². The highest BCUT2D eigenvalue weighted by molar-refractivity contribution is 6.00. The second-order valence-corrected chi connectivity index (χ2v) is 5.16. The fourth-order valence-electron chi connectivity index (χ4n) is 2.70. The molecule has 1 aliphatic carbocycles. The Kier molecular flexibility index (Phi) is 3.98. The van der Waals surface area contributed by atoms with Crippen LogP contribution < -0.4 is 0 Å². The number of aliphatic carboxylic acids is 1. The van der Waals surface area contributed by atoms with E-state index in [4.69, 9.17) is 0 Å². The summed E-state index contributed by atoms with van der Waals surface area (Å²) in [5, 5.41) is 9.18. The van der Waals surface area contributed by atoms with Gasteiger partial charge in [0.25, 0.3) is 0 Å². The van der Waals surface area contributed by atoms with Gasteiger partial charge in [-0.2, -0.15) is 0 Å². The van der Waals surface area contributed by atoms with Gasteiger partial charge >= 0.3 is 5.97 Å². The minimum absolute atomic E-state index is 0.244. The number of Topliss-reactive ketones (excluding diaryl/α,β-unsaturated/α-hetero) is 1. The van der Waals surface area contributed by atoms with Crippen LogP contribution in [0.3, 0.4) is 0 Å². The number of aryl methyl sites for hydroxylation is 1. The first-order valence-corrected chi connectivity index (χ1v) is 6.54. The standard InChI is InChI=1S/C15H17FO3/c1-9-6-7-10(8-13(9)16)14(17)11-4-2-3-5-12(11)15(18)19/h6-8,11-12H,2-5H2,1H3,(H,18,19)/t11-,12-/m0/s1. The maximum atomic E-state index is 13.5. The number of ketones is 1. The molecule has 1 fully saturated rings. The molecule has 0 saturated heterocycles. The van der Waals surface area contributed by atoms with E-state index in [1.165, 1.54) is 6.07 Å². The van der Waals surface area contributed by atoms with Gasteiger partial charge in [-0.1, -0.05) is 25.0 Å². The zero-order valence-corrected chi connectivity index (χ0v) is 10.9. The SMILES string of the molecule is Cc1ccc(C(=O)[C@H]2CCCC[C@@H]2C(=O)O)cc1F. The molecule has 19 heavy (non-hydrogen) atoms. The Balaban J connectivity index is 2.26. The van der Waals surface area contributed by atoms with Gasteiger partial charge in [-0.3, -0.25) is 9.59 Å². The van der Waals surface area contributed by atoms with E-state index in [1.807, 2.05) is 0 Å². The van der Waals surface area contributed by atoms with Crippen molar-refractivity contribution in [2.75, 3.05) is 0 Å². The van der Waals surface area contributed by atoms with Crippen LogP contribution in [-0.4, -0.2) is 16.9 Å². The summed E-state index contributed by atoms with van der Waals surface area (Å²) in [5.41, 5.74) is 0.760. The molecule has 102 valence electrons. The summed E-state index contributed by atoms with van der Waals surface area (Å²) in [6, 6.07) is 4.35. The van der Waals surface area contributed by atoms with E-state index in [0.29, 0.717) is 18.4 Å². The van der Waals surface area contributed by atoms with Crippen molar-refractivity contribution in [3.05, 3.63) is 35.1 Å². The maximum absolute atomic E-state index is 13.5. The molecule has 0 unspecified atom stereocenters. The van der Waals surface area contributed by atoms with Gasteiger partial charge in [-0.05, 0) is 31.4 Å². The highest BCUT2D eigenvalue weighted by atomic mass is 19.1. The molecular formula is C15H17FO3. The van der Waals surface area contributed by atoms with E-state index >= 15 is 0 Å². The van der Waals surface area contributed by atoms with Crippen molar-refractivity contribution in [1.29, 1.82) is 0 Å². The summed E-state index contributed by atoms with van der Waals surface area (Å²) in [6.45, 7) is 1.63. The topological polar surface area (TPSA) is 54.4 Å². The summed E-state index contributed by atoms with van der Waals surface area (Å²) in [5.74, 6) is -2.75. The maximum Gasteiger partial charge on any atom is 0.307 e. The molecule has 2 rings (SSSR count). The molecule has 0 heterocycles. The number of carboxylic acids is 1. The third-order valence-corrected chi connectivity index (χ3v) is 3.88. The molecule has 0 amide bonds. The number of hydrogen-bond acceptors (Lipinski definition) is 2. The van der Waals surface area contributed by atoms with Gasteiger partial charge in [0.05, 0.1) is 5.92 Å². The van der Waals surface area contributed by atoms with Gasteiger partial charge in [-0.15, -0.1) is 0 Å².